The maximum atomic E-state index is 13.5. The van der Waals surface area contributed by atoms with Crippen LogP contribution in [0.15, 0.2) is 59.0 Å². The number of hydrogen-bond acceptors (Lipinski definition) is 5. The Morgan fingerprint density at radius 1 is 1.21 bits per heavy atom. The van der Waals surface area contributed by atoms with E-state index in [1.165, 1.54) is 17.4 Å². The van der Waals surface area contributed by atoms with Crippen molar-refractivity contribution in [2.24, 2.45) is 5.10 Å². The van der Waals surface area contributed by atoms with E-state index < -0.39 is 0 Å². The van der Waals surface area contributed by atoms with Crippen molar-refractivity contribution in [1.29, 1.82) is 0 Å². The normalized spacial score (nSPS) is 10.9. The number of halogens is 1. The van der Waals surface area contributed by atoms with Gasteiger partial charge in [-0.3, -0.25) is 5.43 Å². The molecular weight excluding hydrogens is 325 g/mol. The molecule has 0 unspecified atom stereocenters. The summed E-state index contributed by atoms with van der Waals surface area (Å²) in [7, 11) is 0. The zero-order valence-electron chi connectivity index (χ0n) is 13.1. The van der Waals surface area contributed by atoms with Gasteiger partial charge in [0.15, 0.2) is 11.6 Å². The zero-order chi connectivity index (χ0) is 16.8. The highest BCUT2D eigenvalue weighted by Crippen LogP contribution is 2.17. The quantitative estimate of drug-likeness (QED) is 0.526. The van der Waals surface area contributed by atoms with Crippen molar-refractivity contribution in [1.82, 2.24) is 4.98 Å². The fourth-order valence-corrected chi connectivity index (χ4v) is 2.63. The molecule has 0 fully saturated rings. The summed E-state index contributed by atoms with van der Waals surface area (Å²) < 4.78 is 19.0. The van der Waals surface area contributed by atoms with Gasteiger partial charge in [-0.25, -0.2) is 9.37 Å². The van der Waals surface area contributed by atoms with E-state index in [2.05, 4.69) is 15.5 Å². The minimum atomic E-state index is -0.357. The lowest BCUT2D eigenvalue weighted by Crippen LogP contribution is -1.97. The molecule has 2 aromatic carbocycles. The van der Waals surface area contributed by atoms with Gasteiger partial charge in [-0.1, -0.05) is 36.4 Å². The van der Waals surface area contributed by atoms with E-state index in [0.717, 1.165) is 22.0 Å². The SMILES string of the molecule is Cc1csc(NN=Cc2ccc(COc3ccccc3F)cc2)n1. The lowest BCUT2D eigenvalue weighted by Gasteiger charge is -2.07. The van der Waals surface area contributed by atoms with Crippen molar-refractivity contribution in [3.8, 4) is 5.75 Å². The van der Waals surface area contributed by atoms with Gasteiger partial charge in [-0.15, -0.1) is 11.3 Å². The van der Waals surface area contributed by atoms with Crippen LogP contribution in [0.25, 0.3) is 0 Å². The first kappa shape index (κ1) is 16.1. The summed E-state index contributed by atoms with van der Waals surface area (Å²) >= 11 is 1.51. The molecule has 4 nitrogen and oxygen atoms in total. The van der Waals surface area contributed by atoms with Gasteiger partial charge >= 0.3 is 0 Å². The minimum Gasteiger partial charge on any atom is -0.486 e. The van der Waals surface area contributed by atoms with Crippen LogP contribution in [0.3, 0.4) is 0 Å². The van der Waals surface area contributed by atoms with Crippen LogP contribution < -0.4 is 10.2 Å². The first-order chi connectivity index (χ1) is 11.7. The maximum Gasteiger partial charge on any atom is 0.203 e. The standard InChI is InChI=1S/C18H16FN3OS/c1-13-12-24-18(21-13)22-20-10-14-6-8-15(9-7-14)11-23-17-5-3-2-4-16(17)19/h2-10,12H,11H2,1H3,(H,21,22). The summed E-state index contributed by atoms with van der Waals surface area (Å²) in [4.78, 5) is 4.26. The zero-order valence-corrected chi connectivity index (χ0v) is 13.9. The van der Waals surface area contributed by atoms with E-state index >= 15 is 0 Å². The number of ether oxygens (including phenoxy) is 1. The molecule has 0 bridgehead atoms. The number of rotatable bonds is 6. The number of benzene rings is 2. The van der Waals surface area contributed by atoms with Crippen molar-refractivity contribution in [2.75, 3.05) is 5.43 Å². The van der Waals surface area contributed by atoms with E-state index in [1.807, 2.05) is 36.6 Å². The Hall–Kier alpha value is -2.73. The summed E-state index contributed by atoms with van der Waals surface area (Å²) in [5.41, 5.74) is 5.77. The highest BCUT2D eigenvalue weighted by Gasteiger charge is 2.02. The average molecular weight is 341 g/mol. The molecule has 0 amide bonds. The fraction of sp³-hybridized carbons (Fsp3) is 0.111. The molecule has 3 aromatic rings. The molecular formula is C18H16FN3OS. The molecule has 0 aliphatic rings. The van der Waals surface area contributed by atoms with Crippen molar-refractivity contribution in [2.45, 2.75) is 13.5 Å². The molecule has 24 heavy (non-hydrogen) atoms. The number of anilines is 1. The molecule has 0 spiro atoms. The third kappa shape index (κ3) is 4.39. The van der Waals surface area contributed by atoms with E-state index in [0.29, 0.717) is 6.61 Å². The number of nitrogens with one attached hydrogen (secondary N) is 1. The van der Waals surface area contributed by atoms with E-state index in [-0.39, 0.29) is 11.6 Å². The second-order valence-electron chi connectivity index (χ2n) is 5.12. The number of para-hydroxylation sites is 1. The minimum absolute atomic E-state index is 0.256. The van der Waals surface area contributed by atoms with Gasteiger partial charge in [0.1, 0.15) is 6.61 Å². The molecule has 6 heteroatoms. The molecule has 122 valence electrons. The molecule has 0 aliphatic carbocycles. The molecule has 1 aromatic heterocycles. The van der Waals surface area contributed by atoms with Crippen LogP contribution in [-0.2, 0) is 6.61 Å². The summed E-state index contributed by atoms with van der Waals surface area (Å²) in [6.07, 6.45) is 1.72. The number of hydrazone groups is 1. The Bertz CT molecular complexity index is 830. The van der Waals surface area contributed by atoms with Gasteiger partial charge in [0, 0.05) is 5.38 Å². The van der Waals surface area contributed by atoms with Gasteiger partial charge in [0.2, 0.25) is 5.13 Å². The average Bonchev–Trinajstić information content (AvgIpc) is 3.01. The van der Waals surface area contributed by atoms with Crippen molar-refractivity contribution >= 4 is 22.7 Å². The second-order valence-corrected chi connectivity index (χ2v) is 5.98. The Labute approximate surface area is 143 Å². The van der Waals surface area contributed by atoms with E-state index in [4.69, 9.17) is 4.74 Å². The smallest absolute Gasteiger partial charge is 0.203 e. The van der Waals surface area contributed by atoms with Crippen molar-refractivity contribution in [3.05, 3.63) is 76.5 Å². The summed E-state index contributed by atoms with van der Waals surface area (Å²) in [5.74, 6) is -0.101. The first-order valence-corrected chi connectivity index (χ1v) is 8.26. The number of aromatic nitrogens is 1. The summed E-state index contributed by atoms with van der Waals surface area (Å²) in [6, 6.07) is 14.1. The molecule has 1 heterocycles. The van der Waals surface area contributed by atoms with Crippen molar-refractivity contribution in [3.63, 3.8) is 0 Å². The third-order valence-electron chi connectivity index (χ3n) is 3.20. The van der Waals surface area contributed by atoms with Crippen molar-refractivity contribution < 1.29 is 9.13 Å². The van der Waals surface area contributed by atoms with Crippen LogP contribution in [0, 0.1) is 12.7 Å². The summed E-state index contributed by atoms with van der Waals surface area (Å²) in [6.45, 7) is 2.25. The first-order valence-electron chi connectivity index (χ1n) is 7.38. The third-order valence-corrected chi connectivity index (χ3v) is 4.07. The number of nitrogens with zero attached hydrogens (tertiary/aromatic N) is 2. The van der Waals surface area contributed by atoms with Gasteiger partial charge in [0.25, 0.3) is 0 Å². The van der Waals surface area contributed by atoms with E-state index in [1.54, 1.807) is 24.4 Å². The Balaban J connectivity index is 1.54. The maximum absolute atomic E-state index is 13.5. The molecule has 1 N–H and O–H groups in total. The highest BCUT2D eigenvalue weighted by atomic mass is 32.1. The fourth-order valence-electron chi connectivity index (χ4n) is 1.99. The Morgan fingerprint density at radius 2 is 2.00 bits per heavy atom. The van der Waals surface area contributed by atoms with Gasteiger partial charge in [0.05, 0.1) is 11.9 Å². The van der Waals surface area contributed by atoms with Crippen LogP contribution in [0.2, 0.25) is 0 Å². The molecule has 3 rings (SSSR count). The monoisotopic (exact) mass is 341 g/mol. The predicted molar refractivity (Wildman–Crippen MR) is 95.2 cm³/mol. The van der Waals surface area contributed by atoms with Crippen LogP contribution >= 0.6 is 11.3 Å². The molecule has 0 atom stereocenters. The topological polar surface area (TPSA) is 46.5 Å². The Morgan fingerprint density at radius 3 is 2.71 bits per heavy atom. The largest absolute Gasteiger partial charge is 0.486 e. The predicted octanol–water partition coefficient (Wildman–Crippen LogP) is 4.62. The van der Waals surface area contributed by atoms with Crippen LogP contribution in [0.1, 0.15) is 16.8 Å². The molecule has 0 aliphatic heterocycles. The van der Waals surface area contributed by atoms with Gasteiger partial charge < -0.3 is 4.74 Å². The van der Waals surface area contributed by atoms with E-state index in [9.17, 15) is 4.39 Å². The Kier molecular flexibility index (Phi) is 5.18. The number of hydrogen-bond donors (Lipinski definition) is 1. The molecule has 0 saturated heterocycles. The van der Waals surface area contributed by atoms with Crippen LogP contribution in [-0.4, -0.2) is 11.2 Å². The summed E-state index contributed by atoms with van der Waals surface area (Å²) in [5, 5.41) is 6.88. The van der Waals surface area contributed by atoms with Crippen LogP contribution in [0.5, 0.6) is 5.75 Å². The lowest BCUT2D eigenvalue weighted by atomic mass is 10.1. The number of thiazole rings is 1. The molecule has 0 saturated carbocycles. The number of aryl methyl sites for hydroxylation is 1. The lowest BCUT2D eigenvalue weighted by molar-refractivity contribution is 0.290. The highest BCUT2D eigenvalue weighted by molar-refractivity contribution is 7.13. The molecule has 0 radical (unpaired) electrons. The second kappa shape index (κ2) is 7.70. The van der Waals surface area contributed by atoms with Crippen LogP contribution in [0.4, 0.5) is 9.52 Å². The van der Waals surface area contributed by atoms with Gasteiger partial charge in [-0.05, 0) is 30.2 Å². The van der Waals surface area contributed by atoms with Gasteiger partial charge in [-0.2, -0.15) is 5.10 Å².